The molecular formula is C21H23FN4O2. The fourth-order valence-electron chi connectivity index (χ4n) is 3.23. The summed E-state index contributed by atoms with van der Waals surface area (Å²) in [6.07, 6.45) is 0. The topological polar surface area (TPSA) is 67.2 Å². The molecule has 1 unspecified atom stereocenters. The van der Waals surface area contributed by atoms with E-state index in [4.69, 9.17) is 0 Å². The van der Waals surface area contributed by atoms with E-state index in [1.54, 1.807) is 18.2 Å². The number of carbonyl (C=O) groups is 1. The number of benzene rings is 2. The van der Waals surface area contributed by atoms with Crippen molar-refractivity contribution in [2.24, 2.45) is 0 Å². The van der Waals surface area contributed by atoms with Crippen molar-refractivity contribution >= 4 is 16.7 Å². The van der Waals surface area contributed by atoms with Crippen molar-refractivity contribution in [3.63, 3.8) is 0 Å². The predicted molar refractivity (Wildman–Crippen MR) is 107 cm³/mol. The number of amides is 1. The molecule has 7 heteroatoms. The molecule has 0 radical (unpaired) electrons. The lowest BCUT2D eigenvalue weighted by Crippen LogP contribution is -2.38. The summed E-state index contributed by atoms with van der Waals surface area (Å²) in [5, 5.41) is 8.39. The molecule has 0 saturated heterocycles. The minimum absolute atomic E-state index is 0.173. The van der Waals surface area contributed by atoms with E-state index in [1.165, 1.54) is 16.8 Å². The van der Waals surface area contributed by atoms with Gasteiger partial charge in [0.25, 0.3) is 5.56 Å². The van der Waals surface area contributed by atoms with Gasteiger partial charge in [-0.15, -0.1) is 0 Å². The number of aryl methyl sites for hydroxylation is 1. The number of likely N-dealkylation sites (N-methyl/N-ethyl adjacent to an activating group) is 1. The van der Waals surface area contributed by atoms with E-state index in [9.17, 15) is 14.0 Å². The van der Waals surface area contributed by atoms with Gasteiger partial charge in [0.05, 0.1) is 17.1 Å². The van der Waals surface area contributed by atoms with Gasteiger partial charge >= 0.3 is 0 Å². The second-order valence-corrected chi connectivity index (χ2v) is 6.93. The smallest absolute Gasteiger partial charge is 0.275 e. The highest BCUT2D eigenvalue weighted by molar-refractivity contribution is 5.83. The maximum absolute atomic E-state index is 13.5. The standard InChI is InChI=1S/C21H23FN4O2/c1-14-17-9-4-5-10-18(17)21(28)26(24-14)13-20(27)23-12-19(25(2)3)15-7-6-8-16(22)11-15/h4-11,19H,12-13H2,1-3H3,(H,23,27). The van der Waals surface area contributed by atoms with Gasteiger partial charge in [-0.25, -0.2) is 9.07 Å². The average Bonchev–Trinajstić information content (AvgIpc) is 2.66. The van der Waals surface area contributed by atoms with Crippen LogP contribution in [-0.2, 0) is 11.3 Å². The summed E-state index contributed by atoms with van der Waals surface area (Å²) in [6, 6.07) is 13.3. The van der Waals surface area contributed by atoms with Gasteiger partial charge in [0.1, 0.15) is 12.4 Å². The van der Waals surface area contributed by atoms with Gasteiger partial charge in [-0.05, 0) is 44.8 Å². The molecule has 1 heterocycles. The molecule has 1 atom stereocenters. The number of aromatic nitrogens is 2. The minimum Gasteiger partial charge on any atom is -0.353 e. The van der Waals surface area contributed by atoms with E-state index in [2.05, 4.69) is 10.4 Å². The van der Waals surface area contributed by atoms with Crippen LogP contribution in [-0.4, -0.2) is 41.2 Å². The molecule has 0 aliphatic rings. The number of fused-ring (bicyclic) bond motifs is 1. The van der Waals surface area contributed by atoms with Gasteiger partial charge in [0.2, 0.25) is 5.91 Å². The maximum atomic E-state index is 13.5. The van der Waals surface area contributed by atoms with Gasteiger partial charge in [-0.1, -0.05) is 30.3 Å². The van der Waals surface area contributed by atoms with Crippen LogP contribution < -0.4 is 10.9 Å². The van der Waals surface area contributed by atoms with E-state index in [-0.39, 0.29) is 36.4 Å². The quantitative estimate of drug-likeness (QED) is 0.710. The Balaban J connectivity index is 1.74. The van der Waals surface area contributed by atoms with Crippen molar-refractivity contribution in [1.29, 1.82) is 0 Å². The highest BCUT2D eigenvalue weighted by atomic mass is 19.1. The van der Waals surface area contributed by atoms with Crippen LogP contribution >= 0.6 is 0 Å². The molecule has 28 heavy (non-hydrogen) atoms. The monoisotopic (exact) mass is 382 g/mol. The van der Waals surface area contributed by atoms with Crippen molar-refractivity contribution in [2.75, 3.05) is 20.6 Å². The van der Waals surface area contributed by atoms with E-state index in [0.717, 1.165) is 10.9 Å². The summed E-state index contributed by atoms with van der Waals surface area (Å²) in [5.74, 6) is -0.648. The summed E-state index contributed by atoms with van der Waals surface area (Å²) in [6.45, 7) is 1.92. The Labute approximate surface area is 162 Å². The summed E-state index contributed by atoms with van der Waals surface area (Å²) >= 11 is 0. The van der Waals surface area contributed by atoms with Gasteiger partial charge in [-0.3, -0.25) is 9.59 Å². The Hall–Kier alpha value is -3.06. The number of hydrogen-bond donors (Lipinski definition) is 1. The fraction of sp³-hybridized carbons (Fsp3) is 0.286. The molecule has 2 aromatic carbocycles. The Morgan fingerprint density at radius 2 is 1.89 bits per heavy atom. The molecule has 6 nitrogen and oxygen atoms in total. The van der Waals surface area contributed by atoms with Gasteiger partial charge in [0, 0.05) is 11.9 Å². The Morgan fingerprint density at radius 1 is 1.18 bits per heavy atom. The molecule has 3 rings (SSSR count). The van der Waals surface area contributed by atoms with Crippen LogP contribution in [0.15, 0.2) is 53.3 Å². The lowest BCUT2D eigenvalue weighted by Gasteiger charge is -2.25. The molecule has 0 saturated carbocycles. The zero-order valence-electron chi connectivity index (χ0n) is 16.1. The van der Waals surface area contributed by atoms with Crippen molar-refractivity contribution in [1.82, 2.24) is 20.0 Å². The van der Waals surface area contributed by atoms with Gasteiger partial charge < -0.3 is 10.2 Å². The number of carbonyl (C=O) groups excluding carboxylic acids is 1. The summed E-state index contributed by atoms with van der Waals surface area (Å²) in [5.41, 5.74) is 1.15. The highest BCUT2D eigenvalue weighted by Gasteiger charge is 2.17. The normalized spacial score (nSPS) is 12.3. The third-order valence-electron chi connectivity index (χ3n) is 4.70. The van der Waals surface area contributed by atoms with Gasteiger partial charge in [0.15, 0.2) is 0 Å². The average molecular weight is 382 g/mol. The number of halogens is 1. The molecule has 0 bridgehead atoms. The van der Waals surface area contributed by atoms with Crippen molar-refractivity contribution < 1.29 is 9.18 Å². The molecule has 146 valence electrons. The number of nitrogens with zero attached hydrogens (tertiary/aromatic N) is 3. The van der Waals surface area contributed by atoms with E-state index >= 15 is 0 Å². The van der Waals surface area contributed by atoms with Crippen LogP contribution in [0.25, 0.3) is 10.8 Å². The van der Waals surface area contributed by atoms with Crippen LogP contribution in [0.5, 0.6) is 0 Å². The molecular weight excluding hydrogens is 359 g/mol. The highest BCUT2D eigenvalue weighted by Crippen LogP contribution is 2.18. The molecule has 1 amide bonds. The Bertz CT molecular complexity index is 1060. The molecule has 3 aromatic rings. The largest absolute Gasteiger partial charge is 0.353 e. The van der Waals surface area contributed by atoms with Crippen LogP contribution in [0.4, 0.5) is 4.39 Å². The van der Waals surface area contributed by atoms with Crippen molar-refractivity contribution in [3.8, 4) is 0 Å². The first-order chi connectivity index (χ1) is 13.4. The van der Waals surface area contributed by atoms with Crippen LogP contribution in [0, 0.1) is 12.7 Å². The van der Waals surface area contributed by atoms with Crippen molar-refractivity contribution in [2.45, 2.75) is 19.5 Å². The third-order valence-corrected chi connectivity index (χ3v) is 4.70. The maximum Gasteiger partial charge on any atom is 0.275 e. The first-order valence-electron chi connectivity index (χ1n) is 9.02. The summed E-state index contributed by atoms with van der Waals surface area (Å²) in [7, 11) is 3.72. The van der Waals surface area contributed by atoms with Crippen LogP contribution in [0.2, 0.25) is 0 Å². The van der Waals surface area contributed by atoms with Gasteiger partial charge in [-0.2, -0.15) is 5.10 Å². The zero-order chi connectivity index (χ0) is 20.3. The number of rotatable bonds is 6. The SMILES string of the molecule is Cc1nn(CC(=O)NCC(c2cccc(F)c2)N(C)C)c(=O)c2ccccc12. The molecule has 0 aliphatic heterocycles. The Morgan fingerprint density at radius 3 is 2.57 bits per heavy atom. The van der Waals surface area contributed by atoms with E-state index in [0.29, 0.717) is 11.1 Å². The second kappa shape index (κ2) is 8.31. The molecule has 1 aromatic heterocycles. The first kappa shape index (κ1) is 19.7. The fourth-order valence-corrected chi connectivity index (χ4v) is 3.23. The third kappa shape index (κ3) is 4.26. The summed E-state index contributed by atoms with van der Waals surface area (Å²) < 4.78 is 14.7. The predicted octanol–water partition coefficient (Wildman–Crippen LogP) is 2.26. The molecule has 1 N–H and O–H groups in total. The first-order valence-corrected chi connectivity index (χ1v) is 9.02. The Kier molecular flexibility index (Phi) is 5.84. The van der Waals surface area contributed by atoms with Crippen LogP contribution in [0.3, 0.4) is 0 Å². The lowest BCUT2D eigenvalue weighted by atomic mass is 10.1. The number of nitrogens with one attached hydrogen (secondary N) is 1. The summed E-state index contributed by atoms with van der Waals surface area (Å²) in [4.78, 5) is 26.9. The van der Waals surface area contributed by atoms with E-state index < -0.39 is 0 Å². The molecule has 0 spiro atoms. The lowest BCUT2D eigenvalue weighted by molar-refractivity contribution is -0.122. The second-order valence-electron chi connectivity index (χ2n) is 6.93. The molecule has 0 fully saturated rings. The van der Waals surface area contributed by atoms with E-state index in [1.807, 2.05) is 44.1 Å². The minimum atomic E-state index is -0.326. The van der Waals surface area contributed by atoms with Crippen molar-refractivity contribution in [3.05, 3.63) is 76.0 Å². The molecule has 0 aliphatic carbocycles. The van der Waals surface area contributed by atoms with Crippen LogP contribution in [0.1, 0.15) is 17.3 Å². The zero-order valence-corrected chi connectivity index (χ0v) is 16.1. The number of hydrogen-bond acceptors (Lipinski definition) is 4.